The molecule has 1 atom stereocenters. The number of nitrogens with zero attached hydrogens (tertiary/aromatic N) is 1. The molecule has 1 aromatic heterocycles. The Bertz CT molecular complexity index is 568. The SMILES string of the molecule is [O-][n+]1cccc(CCOC2CCc3ccccc32)c1. The number of fused-ring (bicyclic) bond motifs is 1. The first-order valence-electron chi connectivity index (χ1n) is 6.70. The van der Waals surface area contributed by atoms with Gasteiger partial charge in [-0.05, 0) is 30.0 Å². The lowest BCUT2D eigenvalue weighted by atomic mass is 10.1. The molecule has 0 saturated carbocycles. The summed E-state index contributed by atoms with van der Waals surface area (Å²) in [5.74, 6) is 0. The summed E-state index contributed by atoms with van der Waals surface area (Å²) in [6.07, 6.45) is 6.27. The summed E-state index contributed by atoms with van der Waals surface area (Å²) in [5.41, 5.74) is 3.75. The molecule has 2 aromatic rings. The number of pyridine rings is 1. The molecular formula is C16H17NO2. The second-order valence-corrected chi connectivity index (χ2v) is 4.92. The van der Waals surface area contributed by atoms with Gasteiger partial charge in [0.15, 0.2) is 12.4 Å². The number of rotatable bonds is 4. The van der Waals surface area contributed by atoms with Gasteiger partial charge in [0.25, 0.3) is 0 Å². The van der Waals surface area contributed by atoms with E-state index in [4.69, 9.17) is 4.74 Å². The summed E-state index contributed by atoms with van der Waals surface area (Å²) in [6.45, 7) is 0.656. The van der Waals surface area contributed by atoms with Crippen molar-refractivity contribution < 1.29 is 9.47 Å². The minimum absolute atomic E-state index is 0.222. The van der Waals surface area contributed by atoms with Crippen LogP contribution in [0.1, 0.15) is 29.2 Å². The van der Waals surface area contributed by atoms with Crippen LogP contribution in [0.4, 0.5) is 0 Å². The molecule has 0 spiro atoms. The van der Waals surface area contributed by atoms with E-state index in [1.807, 2.05) is 6.07 Å². The third-order valence-corrected chi connectivity index (χ3v) is 3.62. The first kappa shape index (κ1) is 12.2. The Hall–Kier alpha value is -1.87. The third kappa shape index (κ3) is 2.76. The van der Waals surface area contributed by atoms with Crippen molar-refractivity contribution in [2.75, 3.05) is 6.61 Å². The van der Waals surface area contributed by atoms with E-state index in [2.05, 4.69) is 24.3 Å². The standard InChI is InChI=1S/C16H17NO2/c18-17-10-3-4-13(12-17)9-11-19-16-8-7-14-5-1-2-6-15(14)16/h1-6,10,12,16H,7-9,11H2. The van der Waals surface area contributed by atoms with Crippen LogP contribution in [0, 0.1) is 5.21 Å². The maximum Gasteiger partial charge on any atom is 0.183 e. The molecule has 3 heteroatoms. The Labute approximate surface area is 113 Å². The summed E-state index contributed by atoms with van der Waals surface area (Å²) in [5, 5.41) is 11.1. The van der Waals surface area contributed by atoms with Gasteiger partial charge in [0, 0.05) is 18.1 Å². The Balaban J connectivity index is 1.57. The van der Waals surface area contributed by atoms with Gasteiger partial charge >= 0.3 is 0 Å². The normalized spacial score (nSPS) is 17.4. The number of ether oxygens (including phenoxy) is 1. The van der Waals surface area contributed by atoms with E-state index in [1.165, 1.54) is 17.3 Å². The Morgan fingerprint density at radius 3 is 3.00 bits per heavy atom. The minimum atomic E-state index is 0.222. The monoisotopic (exact) mass is 255 g/mol. The van der Waals surface area contributed by atoms with Gasteiger partial charge in [-0.1, -0.05) is 24.3 Å². The van der Waals surface area contributed by atoms with E-state index in [9.17, 15) is 5.21 Å². The molecule has 1 aliphatic rings. The van der Waals surface area contributed by atoms with Crippen LogP contribution in [0.15, 0.2) is 48.8 Å². The van der Waals surface area contributed by atoms with Crippen LogP contribution in [0.5, 0.6) is 0 Å². The number of hydrogen-bond acceptors (Lipinski definition) is 2. The maximum atomic E-state index is 11.1. The molecule has 3 rings (SSSR count). The molecule has 1 heterocycles. The van der Waals surface area contributed by atoms with Gasteiger partial charge < -0.3 is 9.94 Å². The van der Waals surface area contributed by atoms with Gasteiger partial charge in [-0.3, -0.25) is 0 Å². The highest BCUT2D eigenvalue weighted by Gasteiger charge is 2.22. The van der Waals surface area contributed by atoms with E-state index in [0.717, 1.165) is 29.6 Å². The van der Waals surface area contributed by atoms with E-state index >= 15 is 0 Å². The van der Waals surface area contributed by atoms with Crippen molar-refractivity contribution in [3.05, 3.63) is 70.7 Å². The molecule has 3 nitrogen and oxygen atoms in total. The zero-order valence-corrected chi connectivity index (χ0v) is 10.8. The lowest BCUT2D eigenvalue weighted by Crippen LogP contribution is -2.25. The fraction of sp³-hybridized carbons (Fsp3) is 0.312. The smallest absolute Gasteiger partial charge is 0.183 e. The van der Waals surface area contributed by atoms with Crippen LogP contribution in [0.25, 0.3) is 0 Å². The van der Waals surface area contributed by atoms with Gasteiger partial charge in [0.05, 0.1) is 12.7 Å². The number of aryl methyl sites for hydroxylation is 1. The summed E-state index contributed by atoms with van der Waals surface area (Å²) < 4.78 is 6.80. The summed E-state index contributed by atoms with van der Waals surface area (Å²) >= 11 is 0. The Morgan fingerprint density at radius 1 is 1.21 bits per heavy atom. The van der Waals surface area contributed by atoms with Crippen LogP contribution >= 0.6 is 0 Å². The predicted molar refractivity (Wildman–Crippen MR) is 72.6 cm³/mol. The topological polar surface area (TPSA) is 36.2 Å². The van der Waals surface area contributed by atoms with Gasteiger partial charge in [-0.15, -0.1) is 0 Å². The molecule has 1 aromatic carbocycles. The molecular weight excluding hydrogens is 238 g/mol. The fourth-order valence-electron chi connectivity index (χ4n) is 2.66. The first-order chi connectivity index (χ1) is 9.33. The zero-order valence-electron chi connectivity index (χ0n) is 10.8. The van der Waals surface area contributed by atoms with Gasteiger partial charge in [0.2, 0.25) is 0 Å². The Kier molecular flexibility index (Phi) is 3.47. The van der Waals surface area contributed by atoms with Crippen LogP contribution in [-0.4, -0.2) is 6.61 Å². The number of hydrogen-bond donors (Lipinski definition) is 0. The van der Waals surface area contributed by atoms with Crippen molar-refractivity contribution in [1.82, 2.24) is 0 Å². The van der Waals surface area contributed by atoms with Crippen molar-refractivity contribution in [1.29, 1.82) is 0 Å². The van der Waals surface area contributed by atoms with Crippen LogP contribution in [0.3, 0.4) is 0 Å². The molecule has 0 amide bonds. The average Bonchev–Trinajstić information content (AvgIpc) is 2.83. The Morgan fingerprint density at radius 2 is 2.11 bits per heavy atom. The van der Waals surface area contributed by atoms with Crippen molar-refractivity contribution in [3.8, 4) is 0 Å². The van der Waals surface area contributed by atoms with E-state index in [-0.39, 0.29) is 6.10 Å². The molecule has 0 saturated heterocycles. The maximum absolute atomic E-state index is 11.1. The molecule has 0 N–H and O–H groups in total. The molecule has 98 valence electrons. The molecule has 0 bridgehead atoms. The second-order valence-electron chi connectivity index (χ2n) is 4.92. The highest BCUT2D eigenvalue weighted by atomic mass is 16.5. The van der Waals surface area contributed by atoms with Crippen LogP contribution in [-0.2, 0) is 17.6 Å². The summed E-state index contributed by atoms with van der Waals surface area (Å²) in [6, 6.07) is 12.2. The highest BCUT2D eigenvalue weighted by Crippen LogP contribution is 2.33. The van der Waals surface area contributed by atoms with Crippen molar-refractivity contribution >= 4 is 0 Å². The number of aromatic nitrogens is 1. The van der Waals surface area contributed by atoms with Crippen molar-refractivity contribution in [2.24, 2.45) is 0 Å². The van der Waals surface area contributed by atoms with Gasteiger partial charge in [-0.2, -0.15) is 4.73 Å². The molecule has 1 unspecified atom stereocenters. The molecule has 0 aliphatic heterocycles. The second kappa shape index (κ2) is 5.41. The molecule has 1 aliphatic carbocycles. The fourth-order valence-corrected chi connectivity index (χ4v) is 2.66. The average molecular weight is 255 g/mol. The third-order valence-electron chi connectivity index (χ3n) is 3.62. The minimum Gasteiger partial charge on any atom is -0.619 e. The largest absolute Gasteiger partial charge is 0.619 e. The van der Waals surface area contributed by atoms with E-state index < -0.39 is 0 Å². The van der Waals surface area contributed by atoms with E-state index in [0.29, 0.717) is 6.61 Å². The van der Waals surface area contributed by atoms with Crippen molar-refractivity contribution in [3.63, 3.8) is 0 Å². The lowest BCUT2D eigenvalue weighted by molar-refractivity contribution is -0.605. The van der Waals surface area contributed by atoms with Crippen LogP contribution < -0.4 is 4.73 Å². The quantitative estimate of drug-likeness (QED) is 0.622. The first-order valence-corrected chi connectivity index (χ1v) is 6.70. The van der Waals surface area contributed by atoms with E-state index in [1.54, 1.807) is 12.3 Å². The predicted octanol–water partition coefficient (Wildman–Crippen LogP) is 2.57. The number of benzene rings is 1. The van der Waals surface area contributed by atoms with Crippen LogP contribution in [0.2, 0.25) is 0 Å². The highest BCUT2D eigenvalue weighted by molar-refractivity contribution is 5.33. The summed E-state index contributed by atoms with van der Waals surface area (Å²) in [7, 11) is 0. The molecule has 0 radical (unpaired) electrons. The van der Waals surface area contributed by atoms with Gasteiger partial charge in [0.1, 0.15) is 0 Å². The van der Waals surface area contributed by atoms with Gasteiger partial charge in [-0.25, -0.2) is 0 Å². The summed E-state index contributed by atoms with van der Waals surface area (Å²) in [4.78, 5) is 0. The zero-order chi connectivity index (χ0) is 13.1. The lowest BCUT2D eigenvalue weighted by Gasteiger charge is -2.13. The van der Waals surface area contributed by atoms with Crippen molar-refractivity contribution in [2.45, 2.75) is 25.4 Å². The molecule has 0 fully saturated rings. The molecule has 19 heavy (non-hydrogen) atoms.